The number of carbonyl (C=O) groups is 1. The van der Waals surface area contributed by atoms with Gasteiger partial charge in [-0.05, 0) is 54.1 Å². The largest absolute Gasteiger partial charge is 0.497 e. The van der Waals surface area contributed by atoms with Crippen LogP contribution in [0.25, 0.3) is 0 Å². The Kier molecular flexibility index (Phi) is 8.02. The molecule has 0 aliphatic carbocycles. The predicted molar refractivity (Wildman–Crippen MR) is 140 cm³/mol. The number of nitrogens with zero attached hydrogens (tertiary/aromatic N) is 1. The quantitative estimate of drug-likeness (QED) is 0.296. The summed E-state index contributed by atoms with van der Waals surface area (Å²) in [4.78, 5) is 18.7. The van der Waals surface area contributed by atoms with Gasteiger partial charge in [-0.15, -0.1) is 6.58 Å². The number of amides is 1. The zero-order valence-corrected chi connectivity index (χ0v) is 20.2. The Morgan fingerprint density at radius 3 is 2.58 bits per heavy atom. The van der Waals surface area contributed by atoms with Crippen LogP contribution in [0.15, 0.2) is 96.5 Å². The molecule has 0 radical (unpaired) electrons. The van der Waals surface area contributed by atoms with Crippen LogP contribution in [0, 0.1) is 0 Å². The Balaban J connectivity index is 1.72. The molecule has 1 aliphatic rings. The number of aliphatic imine (C=N–C) groups is 1. The van der Waals surface area contributed by atoms with Crippen LogP contribution in [0.5, 0.6) is 11.5 Å². The van der Waals surface area contributed by atoms with Gasteiger partial charge in [0, 0.05) is 30.7 Å². The average molecular weight is 487 g/mol. The third-order valence-electron chi connectivity index (χ3n) is 5.91. The number of rotatable bonds is 11. The number of nitrogens with one attached hydrogen (secondary N) is 1. The minimum Gasteiger partial charge on any atom is -0.497 e. The van der Waals surface area contributed by atoms with Crippen LogP contribution in [-0.2, 0) is 9.53 Å². The Bertz CT molecular complexity index is 1210. The van der Waals surface area contributed by atoms with E-state index >= 15 is 0 Å². The Morgan fingerprint density at radius 1 is 1.11 bits per heavy atom. The number of para-hydroxylation sites is 1. The zero-order valence-electron chi connectivity index (χ0n) is 20.2. The second-order valence-corrected chi connectivity index (χ2v) is 8.38. The van der Waals surface area contributed by atoms with Crippen molar-refractivity contribution in [2.75, 3.05) is 25.6 Å². The van der Waals surface area contributed by atoms with Gasteiger partial charge < -0.3 is 24.6 Å². The summed E-state index contributed by atoms with van der Waals surface area (Å²) >= 11 is 0. The molecule has 7 nitrogen and oxygen atoms in total. The predicted octanol–water partition coefficient (Wildman–Crippen LogP) is 4.93. The summed E-state index contributed by atoms with van der Waals surface area (Å²) in [5, 5.41) is 12.0. The van der Waals surface area contributed by atoms with Crippen LogP contribution in [0.2, 0.25) is 0 Å². The molecule has 2 atom stereocenters. The van der Waals surface area contributed by atoms with Crippen LogP contribution in [0.3, 0.4) is 0 Å². The van der Waals surface area contributed by atoms with Crippen molar-refractivity contribution in [2.24, 2.45) is 4.99 Å². The van der Waals surface area contributed by atoms with E-state index in [4.69, 9.17) is 24.3 Å². The molecular weight excluding hydrogens is 456 g/mol. The van der Waals surface area contributed by atoms with E-state index in [9.17, 15) is 4.79 Å². The third kappa shape index (κ3) is 5.42. The molecule has 7 heteroatoms. The SMILES string of the molecule is C=CC[C@@]1(C(=O)Nc2ccccc2)N=C(c2ccc(OCCCO)cc2)O[C@@H]1c1cccc(OC)c1. The number of methoxy groups -OCH3 is 1. The highest BCUT2D eigenvalue weighted by molar-refractivity contribution is 6.05. The van der Waals surface area contributed by atoms with Crippen LogP contribution < -0.4 is 14.8 Å². The van der Waals surface area contributed by atoms with Crippen molar-refractivity contribution in [3.8, 4) is 11.5 Å². The van der Waals surface area contributed by atoms with E-state index in [-0.39, 0.29) is 18.9 Å². The highest BCUT2D eigenvalue weighted by Crippen LogP contribution is 2.44. The summed E-state index contributed by atoms with van der Waals surface area (Å²) in [6.45, 7) is 4.40. The molecule has 0 saturated carbocycles. The molecule has 4 rings (SSSR count). The highest BCUT2D eigenvalue weighted by atomic mass is 16.5. The molecule has 36 heavy (non-hydrogen) atoms. The van der Waals surface area contributed by atoms with Crippen molar-refractivity contribution in [3.63, 3.8) is 0 Å². The lowest BCUT2D eigenvalue weighted by molar-refractivity contribution is -0.123. The Hall–Kier alpha value is -4.10. The van der Waals surface area contributed by atoms with E-state index in [1.807, 2.05) is 78.9 Å². The number of hydrogen-bond donors (Lipinski definition) is 2. The highest BCUT2D eigenvalue weighted by Gasteiger charge is 2.52. The molecule has 3 aromatic carbocycles. The minimum absolute atomic E-state index is 0.0742. The summed E-state index contributed by atoms with van der Waals surface area (Å²) in [6.07, 6.45) is 1.80. The normalized spacial score (nSPS) is 18.6. The molecule has 0 aromatic heterocycles. The topological polar surface area (TPSA) is 89.4 Å². The first-order valence-electron chi connectivity index (χ1n) is 11.8. The van der Waals surface area contributed by atoms with E-state index in [0.717, 1.165) is 11.1 Å². The fourth-order valence-corrected chi connectivity index (χ4v) is 4.10. The zero-order chi connectivity index (χ0) is 25.4. The molecule has 1 aliphatic heterocycles. The van der Waals surface area contributed by atoms with E-state index in [2.05, 4.69) is 11.9 Å². The summed E-state index contributed by atoms with van der Waals surface area (Å²) in [5.41, 5.74) is 0.872. The second-order valence-electron chi connectivity index (χ2n) is 8.38. The molecule has 0 saturated heterocycles. The number of ether oxygens (including phenoxy) is 3. The van der Waals surface area contributed by atoms with Crippen LogP contribution >= 0.6 is 0 Å². The lowest BCUT2D eigenvalue weighted by Crippen LogP contribution is -2.44. The standard InChI is InChI=1S/C29H30N2O5/c1-3-17-29(28(33)30-23-10-5-4-6-11-23)26(22-9-7-12-25(20-22)34-2)36-27(31-29)21-13-15-24(16-14-21)35-19-8-18-32/h3-7,9-16,20,26,32H,1,8,17-19H2,2H3,(H,30,33)/t26-,29-/m1/s1. The van der Waals surface area contributed by atoms with Crippen molar-refractivity contribution in [1.82, 2.24) is 0 Å². The van der Waals surface area contributed by atoms with E-state index in [1.165, 1.54) is 0 Å². The molecule has 3 aromatic rings. The number of benzene rings is 3. The molecule has 1 heterocycles. The first-order chi connectivity index (χ1) is 17.6. The number of hydrogen-bond acceptors (Lipinski definition) is 6. The number of anilines is 1. The monoisotopic (exact) mass is 486 g/mol. The summed E-state index contributed by atoms with van der Waals surface area (Å²) in [6, 6.07) is 24.0. The van der Waals surface area contributed by atoms with Gasteiger partial charge in [0.1, 0.15) is 11.5 Å². The molecule has 186 valence electrons. The molecule has 2 N–H and O–H groups in total. The molecule has 0 spiro atoms. The van der Waals surface area contributed by atoms with Gasteiger partial charge in [-0.1, -0.05) is 36.4 Å². The minimum atomic E-state index is -1.28. The molecule has 1 amide bonds. The Morgan fingerprint density at radius 2 is 1.89 bits per heavy atom. The van der Waals surface area contributed by atoms with Gasteiger partial charge in [-0.2, -0.15) is 0 Å². The fourth-order valence-electron chi connectivity index (χ4n) is 4.10. The smallest absolute Gasteiger partial charge is 0.257 e. The molecule has 0 fully saturated rings. The van der Waals surface area contributed by atoms with Gasteiger partial charge in [-0.3, -0.25) is 4.79 Å². The van der Waals surface area contributed by atoms with Crippen molar-refractivity contribution < 1.29 is 24.1 Å². The van der Waals surface area contributed by atoms with E-state index in [1.54, 1.807) is 13.2 Å². The number of aliphatic hydroxyl groups excluding tert-OH is 1. The average Bonchev–Trinajstić information content (AvgIpc) is 3.31. The van der Waals surface area contributed by atoms with Crippen LogP contribution in [-0.4, -0.2) is 42.8 Å². The number of carbonyl (C=O) groups excluding carboxylic acids is 1. The molecular formula is C29H30N2O5. The maximum absolute atomic E-state index is 13.8. The van der Waals surface area contributed by atoms with Gasteiger partial charge in [0.15, 0.2) is 11.6 Å². The third-order valence-corrected chi connectivity index (χ3v) is 5.91. The van der Waals surface area contributed by atoms with Crippen molar-refractivity contribution >= 4 is 17.5 Å². The Labute approximate surface area is 211 Å². The lowest BCUT2D eigenvalue weighted by atomic mass is 9.84. The molecule has 0 unspecified atom stereocenters. The van der Waals surface area contributed by atoms with E-state index in [0.29, 0.717) is 36.1 Å². The van der Waals surface area contributed by atoms with Gasteiger partial charge in [0.2, 0.25) is 5.90 Å². The fraction of sp³-hybridized carbons (Fsp3) is 0.241. The van der Waals surface area contributed by atoms with Crippen molar-refractivity contribution in [2.45, 2.75) is 24.5 Å². The summed E-state index contributed by atoms with van der Waals surface area (Å²) < 4.78 is 17.5. The summed E-state index contributed by atoms with van der Waals surface area (Å²) in [5.74, 6) is 1.40. The molecule has 0 bridgehead atoms. The van der Waals surface area contributed by atoms with Crippen LogP contribution in [0.4, 0.5) is 5.69 Å². The summed E-state index contributed by atoms with van der Waals surface area (Å²) in [7, 11) is 1.60. The maximum Gasteiger partial charge on any atom is 0.257 e. The van der Waals surface area contributed by atoms with E-state index < -0.39 is 11.6 Å². The maximum atomic E-state index is 13.8. The van der Waals surface area contributed by atoms with Crippen molar-refractivity contribution in [1.29, 1.82) is 0 Å². The first kappa shape index (κ1) is 25.0. The van der Waals surface area contributed by atoms with Gasteiger partial charge in [-0.25, -0.2) is 4.99 Å². The second kappa shape index (κ2) is 11.6. The van der Waals surface area contributed by atoms with Gasteiger partial charge in [0.05, 0.1) is 13.7 Å². The number of aliphatic hydroxyl groups is 1. The van der Waals surface area contributed by atoms with Crippen molar-refractivity contribution in [3.05, 3.63) is 103 Å². The van der Waals surface area contributed by atoms with Gasteiger partial charge in [0.25, 0.3) is 5.91 Å². The lowest BCUT2D eigenvalue weighted by Gasteiger charge is -2.29. The first-order valence-corrected chi connectivity index (χ1v) is 11.8. The van der Waals surface area contributed by atoms with Gasteiger partial charge >= 0.3 is 0 Å². The van der Waals surface area contributed by atoms with Crippen LogP contribution in [0.1, 0.15) is 30.1 Å².